The highest BCUT2D eigenvalue weighted by Gasteiger charge is 2.47. The van der Waals surface area contributed by atoms with Crippen molar-refractivity contribution in [1.29, 1.82) is 0 Å². The van der Waals surface area contributed by atoms with Gasteiger partial charge < -0.3 is 14.5 Å². The first-order valence-electron chi connectivity index (χ1n) is 8.09. The lowest BCUT2D eigenvalue weighted by Crippen LogP contribution is -2.38. The van der Waals surface area contributed by atoms with Gasteiger partial charge in [-0.25, -0.2) is 0 Å². The van der Waals surface area contributed by atoms with E-state index in [9.17, 15) is 4.79 Å². The molecule has 6 nitrogen and oxygen atoms in total. The van der Waals surface area contributed by atoms with Gasteiger partial charge in [0, 0.05) is 36.7 Å². The number of nitrogens with one attached hydrogen (secondary N) is 1. The summed E-state index contributed by atoms with van der Waals surface area (Å²) >= 11 is 0. The lowest BCUT2D eigenvalue weighted by atomic mass is 10.0. The van der Waals surface area contributed by atoms with Gasteiger partial charge in [-0.2, -0.15) is 5.10 Å². The molecule has 2 aromatic heterocycles. The molecule has 1 aliphatic carbocycles. The van der Waals surface area contributed by atoms with Crippen LogP contribution in [0.4, 0.5) is 0 Å². The van der Waals surface area contributed by atoms with Crippen LogP contribution in [0.3, 0.4) is 0 Å². The Morgan fingerprint density at radius 3 is 3.04 bits per heavy atom. The lowest BCUT2D eigenvalue weighted by Gasteiger charge is -2.20. The van der Waals surface area contributed by atoms with Crippen LogP contribution in [0.1, 0.15) is 41.9 Å². The third-order valence-corrected chi connectivity index (χ3v) is 5.03. The number of aromatic nitrogens is 2. The summed E-state index contributed by atoms with van der Waals surface area (Å²) < 4.78 is 13.1. The highest BCUT2D eigenvalue weighted by atomic mass is 16.5. The summed E-state index contributed by atoms with van der Waals surface area (Å²) in [5, 5.41) is 7.45. The molecule has 4 rings (SSSR count). The minimum absolute atomic E-state index is 0.0169. The first kappa shape index (κ1) is 14.5. The molecular weight excluding hydrogens is 294 g/mol. The molecule has 0 aromatic carbocycles. The maximum atomic E-state index is 12.5. The van der Waals surface area contributed by atoms with Crippen LogP contribution >= 0.6 is 0 Å². The van der Waals surface area contributed by atoms with E-state index < -0.39 is 0 Å². The lowest BCUT2D eigenvalue weighted by molar-refractivity contribution is -0.123. The van der Waals surface area contributed by atoms with Crippen LogP contribution in [0, 0.1) is 12.8 Å². The second-order valence-corrected chi connectivity index (χ2v) is 6.47. The van der Waals surface area contributed by atoms with E-state index in [0.717, 1.165) is 29.9 Å². The largest absolute Gasteiger partial charge is 0.469 e. The zero-order valence-corrected chi connectivity index (χ0v) is 13.4. The third kappa shape index (κ3) is 2.57. The maximum absolute atomic E-state index is 12.5. The number of aryl methyl sites for hydroxylation is 1. The van der Waals surface area contributed by atoms with Crippen LogP contribution in [0.25, 0.3) is 0 Å². The van der Waals surface area contributed by atoms with Crippen molar-refractivity contribution in [3.8, 4) is 0 Å². The quantitative estimate of drug-likeness (QED) is 0.938. The van der Waals surface area contributed by atoms with Crippen molar-refractivity contribution in [2.75, 3.05) is 6.61 Å². The number of hydrogen-bond donors (Lipinski definition) is 1. The molecule has 1 amide bonds. The van der Waals surface area contributed by atoms with E-state index in [2.05, 4.69) is 10.4 Å². The van der Waals surface area contributed by atoms with Gasteiger partial charge in [0.05, 0.1) is 18.5 Å². The summed E-state index contributed by atoms with van der Waals surface area (Å²) in [4.78, 5) is 12.5. The first-order chi connectivity index (χ1) is 11.1. The summed E-state index contributed by atoms with van der Waals surface area (Å²) in [6, 6.07) is 3.83. The van der Waals surface area contributed by atoms with Crippen molar-refractivity contribution in [3.05, 3.63) is 41.6 Å². The summed E-state index contributed by atoms with van der Waals surface area (Å²) in [6.07, 6.45) is 5.10. The molecule has 2 fully saturated rings. The van der Waals surface area contributed by atoms with Gasteiger partial charge in [-0.15, -0.1) is 0 Å². The van der Waals surface area contributed by atoms with Crippen LogP contribution < -0.4 is 5.32 Å². The molecule has 2 aliphatic rings. The summed E-state index contributed by atoms with van der Waals surface area (Å²) in [7, 11) is 1.92. The average molecular weight is 315 g/mol. The van der Waals surface area contributed by atoms with E-state index >= 15 is 0 Å². The second-order valence-electron chi connectivity index (χ2n) is 6.47. The zero-order chi connectivity index (χ0) is 16.0. The summed E-state index contributed by atoms with van der Waals surface area (Å²) in [6.45, 7) is 2.69. The summed E-state index contributed by atoms with van der Waals surface area (Å²) in [5.41, 5.74) is 2.14. The van der Waals surface area contributed by atoms with Crippen LogP contribution in [0.15, 0.2) is 29.0 Å². The maximum Gasteiger partial charge on any atom is 0.224 e. The fourth-order valence-electron chi connectivity index (χ4n) is 3.43. The summed E-state index contributed by atoms with van der Waals surface area (Å²) in [5.74, 6) is 1.27. The monoisotopic (exact) mass is 315 g/mol. The standard InChI is InChI=1S/C17H21N3O3/c1-10-13(9-18-20(10)2)16-14(5-7-23-16)19-17(21)12-8-11(12)15-4-3-6-22-15/h3-4,6,9,11-12,14,16H,5,7-8H2,1-2H3,(H,19,21)/t11?,12?,14-,16+/m0/s1. The Labute approximate surface area is 134 Å². The third-order valence-electron chi connectivity index (χ3n) is 5.03. The number of amides is 1. The molecule has 122 valence electrons. The molecule has 1 aliphatic heterocycles. The van der Waals surface area contributed by atoms with Crippen LogP contribution in [-0.2, 0) is 16.6 Å². The normalized spacial score (nSPS) is 29.7. The molecule has 4 atom stereocenters. The number of rotatable bonds is 4. The van der Waals surface area contributed by atoms with Gasteiger partial charge in [0.1, 0.15) is 11.9 Å². The topological polar surface area (TPSA) is 69.3 Å². The molecule has 2 unspecified atom stereocenters. The van der Waals surface area contributed by atoms with Gasteiger partial charge in [-0.05, 0) is 31.9 Å². The highest BCUT2D eigenvalue weighted by Crippen LogP contribution is 2.48. The van der Waals surface area contributed by atoms with Gasteiger partial charge in [-0.1, -0.05) is 0 Å². The molecule has 3 heterocycles. The van der Waals surface area contributed by atoms with Crippen molar-refractivity contribution >= 4 is 5.91 Å². The fraction of sp³-hybridized carbons (Fsp3) is 0.529. The van der Waals surface area contributed by atoms with Crippen molar-refractivity contribution in [3.63, 3.8) is 0 Å². The van der Waals surface area contributed by atoms with Crippen molar-refractivity contribution in [2.24, 2.45) is 13.0 Å². The van der Waals surface area contributed by atoms with E-state index in [-0.39, 0.29) is 29.9 Å². The van der Waals surface area contributed by atoms with Gasteiger partial charge >= 0.3 is 0 Å². The minimum Gasteiger partial charge on any atom is -0.469 e. The number of nitrogens with zero attached hydrogens (tertiary/aromatic N) is 2. The fourth-order valence-corrected chi connectivity index (χ4v) is 3.43. The smallest absolute Gasteiger partial charge is 0.224 e. The van der Waals surface area contributed by atoms with E-state index in [1.165, 1.54) is 0 Å². The van der Waals surface area contributed by atoms with Crippen LogP contribution in [0.2, 0.25) is 0 Å². The predicted octanol–water partition coefficient (Wildman–Crippen LogP) is 2.07. The second kappa shape index (κ2) is 5.53. The van der Waals surface area contributed by atoms with Crippen LogP contribution in [-0.4, -0.2) is 28.3 Å². The number of hydrogen-bond acceptors (Lipinski definition) is 4. The predicted molar refractivity (Wildman–Crippen MR) is 82.7 cm³/mol. The number of carbonyl (C=O) groups is 1. The van der Waals surface area contributed by atoms with Crippen molar-refractivity contribution in [2.45, 2.75) is 37.8 Å². The molecule has 0 radical (unpaired) electrons. The Kier molecular flexibility index (Phi) is 3.49. The molecule has 1 saturated carbocycles. The number of carbonyl (C=O) groups excluding carboxylic acids is 1. The highest BCUT2D eigenvalue weighted by molar-refractivity contribution is 5.83. The van der Waals surface area contributed by atoms with Gasteiger partial charge in [0.25, 0.3) is 0 Å². The Morgan fingerprint density at radius 1 is 1.48 bits per heavy atom. The van der Waals surface area contributed by atoms with Crippen molar-refractivity contribution in [1.82, 2.24) is 15.1 Å². The van der Waals surface area contributed by atoms with E-state index in [4.69, 9.17) is 9.15 Å². The average Bonchev–Trinajstić information content (AvgIpc) is 2.90. The molecule has 0 bridgehead atoms. The molecule has 0 spiro atoms. The Morgan fingerprint density at radius 2 is 2.35 bits per heavy atom. The number of ether oxygens (including phenoxy) is 1. The van der Waals surface area contributed by atoms with Crippen molar-refractivity contribution < 1.29 is 13.9 Å². The molecule has 2 aromatic rings. The van der Waals surface area contributed by atoms with E-state index in [0.29, 0.717) is 6.61 Å². The van der Waals surface area contributed by atoms with Gasteiger partial charge in [0.15, 0.2) is 0 Å². The Hall–Kier alpha value is -2.08. The molecule has 6 heteroatoms. The minimum atomic E-state index is -0.103. The van der Waals surface area contributed by atoms with Gasteiger partial charge in [-0.3, -0.25) is 9.48 Å². The molecule has 23 heavy (non-hydrogen) atoms. The number of furan rings is 1. The van der Waals surface area contributed by atoms with Gasteiger partial charge in [0.2, 0.25) is 5.91 Å². The molecule has 1 saturated heterocycles. The van der Waals surface area contributed by atoms with E-state index in [1.807, 2.05) is 37.0 Å². The SMILES string of the molecule is Cc1c([C@H]2OCC[C@@H]2NC(=O)C2CC2c2ccco2)cnn1C. The van der Waals surface area contributed by atoms with E-state index in [1.54, 1.807) is 6.26 Å². The Bertz CT molecular complexity index is 707. The zero-order valence-electron chi connectivity index (χ0n) is 13.4. The first-order valence-corrected chi connectivity index (χ1v) is 8.09. The molecular formula is C17H21N3O3. The Balaban J connectivity index is 1.42. The molecule has 1 N–H and O–H groups in total. The van der Waals surface area contributed by atoms with Crippen LogP contribution in [0.5, 0.6) is 0 Å².